The van der Waals surface area contributed by atoms with Gasteiger partial charge in [0.05, 0.1) is 20.2 Å². The third-order valence-electron chi connectivity index (χ3n) is 3.85. The van der Waals surface area contributed by atoms with Gasteiger partial charge in [-0.15, -0.1) is 11.3 Å². The summed E-state index contributed by atoms with van der Waals surface area (Å²) in [5.74, 6) is 0.873. The van der Waals surface area contributed by atoms with Crippen LogP contribution in [0.2, 0.25) is 0 Å². The number of hydrogen-bond donors (Lipinski definition) is 0. The van der Waals surface area contributed by atoms with E-state index in [2.05, 4.69) is 10.1 Å². The number of carbonyl (C=O) groups excluding carboxylic acids is 1. The molecule has 3 aromatic rings. The Hall–Kier alpha value is -2.67. The second-order valence-electron chi connectivity index (χ2n) is 5.55. The molecule has 0 unspecified atom stereocenters. The minimum Gasteiger partial charge on any atom is -0.496 e. The molecule has 6 nitrogen and oxygen atoms in total. The number of benzene rings is 1. The number of ether oxygens (including phenoxy) is 1. The highest BCUT2D eigenvalue weighted by Crippen LogP contribution is 2.22. The Balaban J connectivity index is 1.73. The molecule has 0 aliphatic heterocycles. The number of rotatable bonds is 8. The molecule has 0 atom stereocenters. The Morgan fingerprint density at radius 1 is 1.24 bits per heavy atom. The third-order valence-corrected chi connectivity index (χ3v) is 4.72. The van der Waals surface area contributed by atoms with Crippen LogP contribution in [0.4, 0.5) is 0 Å². The molecule has 0 radical (unpaired) electrons. The van der Waals surface area contributed by atoms with Crippen LogP contribution >= 0.6 is 11.3 Å². The summed E-state index contributed by atoms with van der Waals surface area (Å²) in [6, 6.07) is 11.8. The average Bonchev–Trinajstić information content (AvgIpc) is 3.33. The van der Waals surface area contributed by atoms with Crippen molar-refractivity contribution in [1.82, 2.24) is 19.7 Å². The number of methoxy groups -OCH3 is 1. The van der Waals surface area contributed by atoms with Gasteiger partial charge in [0, 0.05) is 23.4 Å². The van der Waals surface area contributed by atoms with Gasteiger partial charge >= 0.3 is 0 Å². The van der Waals surface area contributed by atoms with Gasteiger partial charge < -0.3 is 9.64 Å². The number of thiophene rings is 1. The van der Waals surface area contributed by atoms with E-state index in [1.54, 1.807) is 29.5 Å². The van der Waals surface area contributed by atoms with Crippen LogP contribution in [-0.2, 0) is 24.4 Å². The van der Waals surface area contributed by atoms with Gasteiger partial charge in [-0.2, -0.15) is 5.10 Å². The van der Waals surface area contributed by atoms with Gasteiger partial charge in [-0.05, 0) is 17.5 Å². The zero-order valence-electron chi connectivity index (χ0n) is 14.0. The quantitative estimate of drug-likeness (QED) is 0.623. The molecule has 0 fully saturated rings. The smallest absolute Gasteiger partial charge is 0.225 e. The highest BCUT2D eigenvalue weighted by atomic mass is 32.1. The largest absolute Gasteiger partial charge is 0.496 e. The van der Waals surface area contributed by atoms with Crippen LogP contribution in [0.1, 0.15) is 16.9 Å². The Kier molecular flexibility index (Phi) is 5.79. The summed E-state index contributed by atoms with van der Waals surface area (Å²) in [5, 5.41) is 6.08. The molecule has 2 heterocycles. The molecular formula is C18H20N4O2S. The first-order valence-electron chi connectivity index (χ1n) is 8.00. The van der Waals surface area contributed by atoms with Crippen LogP contribution < -0.4 is 4.74 Å². The summed E-state index contributed by atoms with van der Waals surface area (Å²) in [6.07, 6.45) is 3.48. The Morgan fingerprint density at radius 2 is 2.12 bits per heavy atom. The first-order valence-corrected chi connectivity index (χ1v) is 8.88. The van der Waals surface area contributed by atoms with E-state index < -0.39 is 0 Å². The number of para-hydroxylation sites is 1. The van der Waals surface area contributed by atoms with Crippen molar-refractivity contribution in [2.75, 3.05) is 7.11 Å². The summed E-state index contributed by atoms with van der Waals surface area (Å²) >= 11 is 1.65. The van der Waals surface area contributed by atoms with E-state index in [0.717, 1.165) is 16.2 Å². The van der Waals surface area contributed by atoms with Gasteiger partial charge in [-0.3, -0.25) is 9.48 Å². The number of hydrogen-bond acceptors (Lipinski definition) is 5. The topological polar surface area (TPSA) is 60.2 Å². The van der Waals surface area contributed by atoms with Crippen LogP contribution in [0.3, 0.4) is 0 Å². The van der Waals surface area contributed by atoms with Gasteiger partial charge in [0.1, 0.15) is 18.4 Å². The average molecular weight is 356 g/mol. The Morgan fingerprint density at radius 3 is 2.84 bits per heavy atom. The van der Waals surface area contributed by atoms with Crippen LogP contribution in [0.25, 0.3) is 0 Å². The number of nitrogens with zero attached hydrogens (tertiary/aromatic N) is 4. The van der Waals surface area contributed by atoms with Crippen molar-refractivity contribution in [2.24, 2.45) is 0 Å². The van der Waals surface area contributed by atoms with E-state index >= 15 is 0 Å². The van der Waals surface area contributed by atoms with Crippen molar-refractivity contribution in [3.63, 3.8) is 0 Å². The lowest BCUT2D eigenvalue weighted by Gasteiger charge is -2.23. The molecule has 1 amide bonds. The standard InChI is InChI=1S/C18H20N4O2S/c1-24-17-7-3-2-5-15(17)11-21(12-16-6-4-10-25-16)18(23)8-9-22-14-19-13-20-22/h2-7,10,13-14H,8-9,11-12H2,1H3. The summed E-state index contributed by atoms with van der Waals surface area (Å²) in [6.45, 7) is 1.62. The molecule has 2 aromatic heterocycles. The molecule has 0 N–H and O–H groups in total. The summed E-state index contributed by atoms with van der Waals surface area (Å²) in [5.41, 5.74) is 0.996. The molecule has 25 heavy (non-hydrogen) atoms. The normalized spacial score (nSPS) is 10.6. The lowest BCUT2D eigenvalue weighted by atomic mass is 10.1. The second kappa shape index (κ2) is 8.43. The number of amides is 1. The van der Waals surface area contributed by atoms with Crippen molar-refractivity contribution in [3.05, 3.63) is 64.9 Å². The molecular weight excluding hydrogens is 336 g/mol. The zero-order chi connectivity index (χ0) is 17.5. The van der Waals surface area contributed by atoms with Crippen molar-refractivity contribution in [3.8, 4) is 5.75 Å². The maximum atomic E-state index is 12.8. The molecule has 130 valence electrons. The fourth-order valence-electron chi connectivity index (χ4n) is 2.58. The van der Waals surface area contributed by atoms with E-state index in [0.29, 0.717) is 26.1 Å². The van der Waals surface area contributed by atoms with Gasteiger partial charge in [0.2, 0.25) is 5.91 Å². The van der Waals surface area contributed by atoms with Gasteiger partial charge in [0.15, 0.2) is 0 Å². The van der Waals surface area contributed by atoms with Crippen molar-refractivity contribution < 1.29 is 9.53 Å². The second-order valence-corrected chi connectivity index (χ2v) is 6.58. The van der Waals surface area contributed by atoms with Crippen molar-refractivity contribution in [2.45, 2.75) is 26.1 Å². The van der Waals surface area contributed by atoms with Crippen LogP contribution in [0.5, 0.6) is 5.75 Å². The predicted octanol–water partition coefficient (Wildman–Crippen LogP) is 2.97. The Labute approximate surface area is 150 Å². The lowest BCUT2D eigenvalue weighted by Crippen LogP contribution is -2.30. The van der Waals surface area contributed by atoms with E-state index in [-0.39, 0.29) is 5.91 Å². The fourth-order valence-corrected chi connectivity index (χ4v) is 3.30. The van der Waals surface area contributed by atoms with Gasteiger partial charge in [0.25, 0.3) is 0 Å². The molecule has 7 heteroatoms. The molecule has 0 saturated heterocycles. The molecule has 0 saturated carbocycles. The van der Waals surface area contributed by atoms with Gasteiger partial charge in [-0.1, -0.05) is 24.3 Å². The summed E-state index contributed by atoms with van der Waals surface area (Å²) in [4.78, 5) is 19.7. The maximum absolute atomic E-state index is 12.8. The molecule has 0 aliphatic carbocycles. The molecule has 0 spiro atoms. The predicted molar refractivity (Wildman–Crippen MR) is 96.2 cm³/mol. The molecule has 3 rings (SSSR count). The molecule has 0 aliphatic rings. The zero-order valence-corrected chi connectivity index (χ0v) is 14.9. The SMILES string of the molecule is COc1ccccc1CN(Cc1cccs1)C(=O)CCn1cncn1. The lowest BCUT2D eigenvalue weighted by molar-refractivity contribution is -0.132. The van der Waals surface area contributed by atoms with Crippen LogP contribution in [0.15, 0.2) is 54.4 Å². The Bertz CT molecular complexity index is 787. The summed E-state index contributed by atoms with van der Waals surface area (Å²) in [7, 11) is 1.65. The van der Waals surface area contributed by atoms with E-state index in [1.165, 1.54) is 6.33 Å². The van der Waals surface area contributed by atoms with Crippen molar-refractivity contribution >= 4 is 17.2 Å². The minimum absolute atomic E-state index is 0.0785. The number of aryl methyl sites for hydroxylation is 1. The third kappa shape index (κ3) is 4.67. The van der Waals surface area contributed by atoms with E-state index in [4.69, 9.17) is 4.74 Å². The first-order chi connectivity index (χ1) is 12.3. The number of carbonyl (C=O) groups is 1. The first kappa shape index (κ1) is 17.2. The minimum atomic E-state index is 0.0785. The van der Waals surface area contributed by atoms with Crippen LogP contribution in [0, 0.1) is 0 Å². The monoisotopic (exact) mass is 356 g/mol. The number of aromatic nitrogens is 3. The molecule has 1 aromatic carbocycles. The van der Waals surface area contributed by atoms with Crippen molar-refractivity contribution in [1.29, 1.82) is 0 Å². The van der Waals surface area contributed by atoms with E-state index in [1.807, 2.05) is 46.7 Å². The summed E-state index contributed by atoms with van der Waals surface area (Å²) < 4.78 is 7.09. The fraction of sp³-hybridized carbons (Fsp3) is 0.278. The highest BCUT2D eigenvalue weighted by molar-refractivity contribution is 7.09. The maximum Gasteiger partial charge on any atom is 0.225 e. The van der Waals surface area contributed by atoms with E-state index in [9.17, 15) is 4.79 Å². The van der Waals surface area contributed by atoms with Gasteiger partial charge in [-0.25, -0.2) is 4.98 Å². The molecule has 0 bridgehead atoms. The van der Waals surface area contributed by atoms with Crippen LogP contribution in [-0.4, -0.2) is 32.7 Å². The highest BCUT2D eigenvalue weighted by Gasteiger charge is 2.17.